The molecule has 1 saturated carbocycles. The summed E-state index contributed by atoms with van der Waals surface area (Å²) in [7, 11) is 3.18. The van der Waals surface area contributed by atoms with Gasteiger partial charge in [0.05, 0.1) is 27.4 Å². The van der Waals surface area contributed by atoms with Crippen LogP contribution in [0.25, 0.3) is 0 Å². The molecule has 8 heteroatoms. The predicted octanol–water partition coefficient (Wildman–Crippen LogP) is 8.65. The van der Waals surface area contributed by atoms with E-state index in [2.05, 4.69) is 24.5 Å². The van der Waals surface area contributed by atoms with Gasteiger partial charge in [-0.25, -0.2) is 0 Å². The van der Waals surface area contributed by atoms with Gasteiger partial charge in [-0.2, -0.15) is 0 Å². The topological polar surface area (TPSA) is 95.1 Å². The molecular formula is C38H58N2O6. The summed E-state index contributed by atoms with van der Waals surface area (Å²) in [5.41, 5.74) is 1.00. The van der Waals surface area contributed by atoms with E-state index in [-0.39, 0.29) is 23.9 Å². The Kier molecular flexibility index (Phi) is 17.2. The highest BCUT2D eigenvalue weighted by Gasteiger charge is 2.29. The lowest BCUT2D eigenvalue weighted by molar-refractivity contribution is 0.0862. The third kappa shape index (κ3) is 12.4. The van der Waals surface area contributed by atoms with E-state index >= 15 is 0 Å². The number of unbranched alkanes of at least 4 members (excludes halogenated alkanes) is 10. The van der Waals surface area contributed by atoms with Crippen LogP contribution in [0.5, 0.6) is 23.0 Å². The number of rotatable bonds is 22. The number of carbonyl (C=O) groups excluding carboxylic acids is 2. The van der Waals surface area contributed by atoms with E-state index in [1.165, 1.54) is 51.4 Å². The lowest BCUT2D eigenvalue weighted by Crippen LogP contribution is -2.53. The highest BCUT2D eigenvalue weighted by Crippen LogP contribution is 2.30. The third-order valence-electron chi connectivity index (χ3n) is 8.76. The van der Waals surface area contributed by atoms with E-state index in [0.29, 0.717) is 47.3 Å². The van der Waals surface area contributed by atoms with Crippen molar-refractivity contribution in [2.24, 2.45) is 0 Å². The molecule has 2 unspecified atom stereocenters. The Morgan fingerprint density at radius 1 is 0.587 bits per heavy atom. The van der Waals surface area contributed by atoms with Gasteiger partial charge in [-0.3, -0.25) is 9.59 Å². The van der Waals surface area contributed by atoms with Gasteiger partial charge in [0.15, 0.2) is 23.0 Å². The Morgan fingerprint density at radius 2 is 0.978 bits per heavy atom. The Hall–Kier alpha value is -3.42. The van der Waals surface area contributed by atoms with Crippen molar-refractivity contribution in [2.75, 3.05) is 27.4 Å². The van der Waals surface area contributed by atoms with Gasteiger partial charge in [-0.15, -0.1) is 0 Å². The van der Waals surface area contributed by atoms with E-state index in [0.717, 1.165) is 51.4 Å². The zero-order valence-corrected chi connectivity index (χ0v) is 28.8. The molecule has 256 valence electrons. The fraction of sp³-hybridized carbons (Fsp3) is 0.632. The van der Waals surface area contributed by atoms with Gasteiger partial charge >= 0.3 is 0 Å². The van der Waals surface area contributed by atoms with E-state index in [4.69, 9.17) is 18.9 Å². The highest BCUT2D eigenvalue weighted by atomic mass is 16.5. The monoisotopic (exact) mass is 638 g/mol. The van der Waals surface area contributed by atoms with Crippen molar-refractivity contribution in [3.63, 3.8) is 0 Å². The summed E-state index contributed by atoms with van der Waals surface area (Å²) in [5.74, 6) is 1.98. The van der Waals surface area contributed by atoms with Crippen LogP contribution in [0, 0.1) is 0 Å². The van der Waals surface area contributed by atoms with Crippen molar-refractivity contribution in [1.29, 1.82) is 0 Å². The lowest BCUT2D eigenvalue weighted by atomic mass is 9.89. The Labute approximate surface area is 277 Å². The zero-order valence-electron chi connectivity index (χ0n) is 28.8. The van der Waals surface area contributed by atoms with Gasteiger partial charge in [0, 0.05) is 23.2 Å². The smallest absolute Gasteiger partial charge is 0.251 e. The first-order valence-electron chi connectivity index (χ1n) is 17.7. The van der Waals surface area contributed by atoms with E-state index in [1.807, 2.05) is 0 Å². The van der Waals surface area contributed by atoms with Gasteiger partial charge in [-0.1, -0.05) is 90.9 Å². The summed E-state index contributed by atoms with van der Waals surface area (Å²) in [5, 5.41) is 6.34. The number of amides is 2. The molecule has 2 atom stereocenters. The molecular weight excluding hydrogens is 580 g/mol. The molecule has 0 aliphatic heterocycles. The van der Waals surface area contributed by atoms with Crippen molar-refractivity contribution in [1.82, 2.24) is 10.6 Å². The van der Waals surface area contributed by atoms with E-state index in [1.54, 1.807) is 50.6 Å². The van der Waals surface area contributed by atoms with Crippen LogP contribution in [0.3, 0.4) is 0 Å². The summed E-state index contributed by atoms with van der Waals surface area (Å²) in [6, 6.07) is 10.2. The highest BCUT2D eigenvalue weighted by molar-refractivity contribution is 5.96. The second-order valence-electron chi connectivity index (χ2n) is 12.4. The van der Waals surface area contributed by atoms with Gasteiger partial charge in [0.2, 0.25) is 0 Å². The molecule has 0 radical (unpaired) electrons. The average Bonchev–Trinajstić information content (AvgIpc) is 3.08. The Balaban J connectivity index is 1.53. The van der Waals surface area contributed by atoms with Crippen LogP contribution < -0.4 is 29.6 Å². The number of hydrogen-bond donors (Lipinski definition) is 2. The molecule has 0 heterocycles. The van der Waals surface area contributed by atoms with Gasteiger partial charge in [0.25, 0.3) is 11.8 Å². The molecule has 0 bridgehead atoms. The second-order valence-corrected chi connectivity index (χ2v) is 12.4. The molecule has 2 aromatic carbocycles. The number of hydrogen-bond acceptors (Lipinski definition) is 6. The summed E-state index contributed by atoms with van der Waals surface area (Å²) >= 11 is 0. The molecule has 1 aliphatic carbocycles. The van der Waals surface area contributed by atoms with Crippen molar-refractivity contribution in [2.45, 2.75) is 129 Å². The minimum atomic E-state index is -0.194. The molecule has 2 amide bonds. The number of nitrogens with one attached hydrogen (secondary N) is 2. The largest absolute Gasteiger partial charge is 0.493 e. The van der Waals surface area contributed by atoms with Crippen molar-refractivity contribution >= 4 is 11.8 Å². The number of ether oxygens (including phenoxy) is 4. The predicted molar refractivity (Wildman–Crippen MR) is 185 cm³/mol. The third-order valence-corrected chi connectivity index (χ3v) is 8.76. The summed E-state index contributed by atoms with van der Waals surface area (Å²) in [6.07, 6.45) is 17.9. The number of carbonyl (C=O) groups is 2. The minimum Gasteiger partial charge on any atom is -0.493 e. The molecule has 46 heavy (non-hydrogen) atoms. The molecule has 8 nitrogen and oxygen atoms in total. The molecule has 3 rings (SSSR count). The van der Waals surface area contributed by atoms with Crippen LogP contribution in [-0.4, -0.2) is 51.3 Å². The summed E-state index contributed by atoms with van der Waals surface area (Å²) in [4.78, 5) is 26.6. The van der Waals surface area contributed by atoms with Crippen molar-refractivity contribution < 1.29 is 28.5 Å². The normalized spacial score (nSPS) is 16.0. The lowest BCUT2D eigenvalue weighted by Gasteiger charge is -2.33. The first-order valence-corrected chi connectivity index (χ1v) is 17.7. The number of methoxy groups -OCH3 is 2. The summed E-state index contributed by atoms with van der Waals surface area (Å²) in [6.45, 7) is 5.69. The quantitative estimate of drug-likeness (QED) is 0.125. The van der Waals surface area contributed by atoms with Gasteiger partial charge < -0.3 is 29.6 Å². The molecule has 1 fully saturated rings. The Morgan fingerprint density at radius 3 is 1.37 bits per heavy atom. The maximum absolute atomic E-state index is 13.3. The molecule has 2 N–H and O–H groups in total. The van der Waals surface area contributed by atoms with E-state index < -0.39 is 0 Å². The SMILES string of the molecule is CCCCCCCCOc1ccc(C(=O)NC2CCCCC2NC(=O)c2ccc(OCCCCCCCC)c(OC)c2)cc1OC. The molecule has 1 aliphatic rings. The fourth-order valence-electron chi connectivity index (χ4n) is 5.97. The number of benzene rings is 2. The first-order chi connectivity index (χ1) is 22.5. The summed E-state index contributed by atoms with van der Waals surface area (Å²) < 4.78 is 23.0. The molecule has 0 aromatic heterocycles. The van der Waals surface area contributed by atoms with Crippen LogP contribution in [0.2, 0.25) is 0 Å². The average molecular weight is 639 g/mol. The second kappa shape index (κ2) is 21.4. The van der Waals surface area contributed by atoms with Crippen LogP contribution in [-0.2, 0) is 0 Å². The Bertz CT molecular complexity index is 1090. The molecule has 0 saturated heterocycles. The van der Waals surface area contributed by atoms with Gasteiger partial charge in [0.1, 0.15) is 0 Å². The van der Waals surface area contributed by atoms with Crippen LogP contribution in [0.1, 0.15) is 137 Å². The zero-order chi connectivity index (χ0) is 33.0. The van der Waals surface area contributed by atoms with Crippen molar-refractivity contribution in [3.05, 3.63) is 47.5 Å². The van der Waals surface area contributed by atoms with Crippen molar-refractivity contribution in [3.8, 4) is 23.0 Å². The molecule has 0 spiro atoms. The first kappa shape index (κ1) is 37.0. The van der Waals surface area contributed by atoms with Crippen LogP contribution in [0.15, 0.2) is 36.4 Å². The molecule has 2 aromatic rings. The van der Waals surface area contributed by atoms with E-state index in [9.17, 15) is 9.59 Å². The van der Waals surface area contributed by atoms with Gasteiger partial charge in [-0.05, 0) is 62.1 Å². The van der Waals surface area contributed by atoms with Crippen LogP contribution >= 0.6 is 0 Å². The minimum absolute atomic E-state index is 0.179. The fourth-order valence-corrected chi connectivity index (χ4v) is 5.97. The van der Waals surface area contributed by atoms with Crippen LogP contribution in [0.4, 0.5) is 0 Å². The maximum atomic E-state index is 13.3. The standard InChI is InChI=1S/C38H58N2O6/c1-5-7-9-11-13-17-25-45-33-23-21-29(27-35(33)43-3)37(41)39-31-19-15-16-20-32(31)40-38(42)30-22-24-34(36(28-30)44-4)46-26-18-14-12-10-8-6-2/h21-24,27-28,31-32H,5-20,25-26H2,1-4H3,(H,39,41)(H,40,42). The maximum Gasteiger partial charge on any atom is 0.251 e.